The maximum Gasteiger partial charge on any atom is 0.327 e. The molecule has 2 nitrogen and oxygen atoms in total. The molecule has 0 atom stereocenters. The first kappa shape index (κ1) is 9.30. The molecule has 1 aliphatic rings. The van der Waals surface area contributed by atoms with Crippen LogP contribution in [0.15, 0.2) is 12.2 Å². The van der Waals surface area contributed by atoms with Crippen molar-refractivity contribution in [2.45, 2.75) is 38.5 Å². The minimum Gasteiger partial charge on any atom is -0.478 e. The molecule has 1 fully saturated rings. The Bertz CT molecular complexity index is 167. The summed E-state index contributed by atoms with van der Waals surface area (Å²) >= 11 is 0. The molecule has 1 N–H and O–H groups in total. The fourth-order valence-electron chi connectivity index (χ4n) is 1.82. The molecule has 1 saturated carbocycles. The van der Waals surface area contributed by atoms with E-state index in [1.165, 1.54) is 38.2 Å². The van der Waals surface area contributed by atoms with Crippen LogP contribution < -0.4 is 0 Å². The fourth-order valence-corrected chi connectivity index (χ4v) is 1.82. The van der Waals surface area contributed by atoms with Crippen LogP contribution in [0.3, 0.4) is 0 Å². The maximum atomic E-state index is 10.1. The first-order valence-corrected chi connectivity index (χ1v) is 4.68. The minimum atomic E-state index is -0.832. The van der Waals surface area contributed by atoms with E-state index in [1.807, 2.05) is 0 Å². The summed E-state index contributed by atoms with van der Waals surface area (Å²) in [6.07, 6.45) is 10.5. The van der Waals surface area contributed by atoms with Gasteiger partial charge in [0.25, 0.3) is 0 Å². The van der Waals surface area contributed by atoms with Gasteiger partial charge in [-0.15, -0.1) is 0 Å². The first-order chi connectivity index (χ1) is 5.79. The molecule has 0 radical (unpaired) electrons. The minimum absolute atomic E-state index is 0.832. The van der Waals surface area contributed by atoms with Crippen molar-refractivity contribution in [2.75, 3.05) is 0 Å². The van der Waals surface area contributed by atoms with Gasteiger partial charge in [0.1, 0.15) is 0 Å². The van der Waals surface area contributed by atoms with Gasteiger partial charge in [-0.1, -0.05) is 31.8 Å². The van der Waals surface area contributed by atoms with Crippen LogP contribution in [-0.2, 0) is 4.79 Å². The van der Waals surface area contributed by atoms with Gasteiger partial charge < -0.3 is 5.11 Å². The van der Waals surface area contributed by atoms with Crippen molar-refractivity contribution in [2.24, 2.45) is 5.92 Å². The zero-order chi connectivity index (χ0) is 8.81. The molecule has 2 heteroatoms. The largest absolute Gasteiger partial charge is 0.478 e. The molecule has 0 bridgehead atoms. The lowest BCUT2D eigenvalue weighted by Crippen LogP contribution is -1.92. The van der Waals surface area contributed by atoms with E-state index in [4.69, 9.17) is 5.11 Å². The van der Waals surface area contributed by atoms with E-state index < -0.39 is 5.97 Å². The molecule has 1 rings (SSSR count). The second-order valence-corrected chi connectivity index (χ2v) is 3.47. The maximum absolute atomic E-state index is 10.1. The monoisotopic (exact) mass is 168 g/mol. The molecule has 0 aromatic rings. The van der Waals surface area contributed by atoms with Crippen LogP contribution in [0.2, 0.25) is 0 Å². The van der Waals surface area contributed by atoms with E-state index in [9.17, 15) is 4.79 Å². The highest BCUT2D eigenvalue weighted by Gasteiger charge is 2.13. The number of allylic oxidation sites excluding steroid dienone is 1. The molecule has 12 heavy (non-hydrogen) atoms. The predicted octanol–water partition coefficient (Wildman–Crippen LogP) is 2.60. The third kappa shape index (κ3) is 3.56. The van der Waals surface area contributed by atoms with Crippen LogP contribution in [-0.4, -0.2) is 11.1 Å². The van der Waals surface area contributed by atoms with Gasteiger partial charge in [-0.2, -0.15) is 0 Å². The lowest BCUT2D eigenvalue weighted by Gasteiger charge is -2.04. The van der Waals surface area contributed by atoms with E-state index in [1.54, 1.807) is 6.08 Å². The van der Waals surface area contributed by atoms with Crippen LogP contribution in [0.4, 0.5) is 0 Å². The second-order valence-electron chi connectivity index (χ2n) is 3.47. The molecule has 0 amide bonds. The number of carbonyl (C=O) groups is 1. The van der Waals surface area contributed by atoms with E-state index in [0.717, 1.165) is 12.3 Å². The number of carboxylic acids is 1. The lowest BCUT2D eigenvalue weighted by atomic mass is 10.0. The highest BCUT2D eigenvalue weighted by molar-refractivity contribution is 5.79. The highest BCUT2D eigenvalue weighted by Crippen LogP contribution is 2.28. The van der Waals surface area contributed by atoms with Crippen molar-refractivity contribution >= 4 is 5.97 Å². The Hall–Kier alpha value is -0.790. The van der Waals surface area contributed by atoms with Crippen LogP contribution >= 0.6 is 0 Å². The van der Waals surface area contributed by atoms with Crippen LogP contribution in [0, 0.1) is 5.92 Å². The summed E-state index contributed by atoms with van der Waals surface area (Å²) in [5.74, 6) is 0.0323. The quantitative estimate of drug-likeness (QED) is 0.655. The normalized spacial score (nSPS) is 19.0. The van der Waals surface area contributed by atoms with Crippen LogP contribution in [0.1, 0.15) is 38.5 Å². The van der Waals surface area contributed by atoms with Crippen molar-refractivity contribution < 1.29 is 9.90 Å². The standard InChI is InChI=1S/C10H16O2/c11-10(12)8-4-3-7-9-5-1-2-6-9/h4,8-9H,1-3,5-7H2,(H,11,12)/b8-4+. The average molecular weight is 168 g/mol. The molecule has 0 unspecified atom stereocenters. The van der Waals surface area contributed by atoms with Gasteiger partial charge in [-0.05, 0) is 18.8 Å². The molecule has 0 heterocycles. The first-order valence-electron chi connectivity index (χ1n) is 4.68. The van der Waals surface area contributed by atoms with Gasteiger partial charge in [0.05, 0.1) is 0 Å². The molecule has 0 aromatic carbocycles. The summed E-state index contributed by atoms with van der Waals surface area (Å²) in [6, 6.07) is 0. The Morgan fingerprint density at radius 2 is 2.08 bits per heavy atom. The summed E-state index contributed by atoms with van der Waals surface area (Å²) in [6.45, 7) is 0. The number of carboxylic acid groups (broad SMARTS) is 1. The molecule has 0 saturated heterocycles. The SMILES string of the molecule is O=C(O)/C=C/CCC1CCCC1. The van der Waals surface area contributed by atoms with Gasteiger partial charge in [0, 0.05) is 6.08 Å². The van der Waals surface area contributed by atoms with Gasteiger partial charge in [0.2, 0.25) is 0 Å². The van der Waals surface area contributed by atoms with Gasteiger partial charge in [-0.25, -0.2) is 4.79 Å². The molecular weight excluding hydrogens is 152 g/mol. The van der Waals surface area contributed by atoms with E-state index in [-0.39, 0.29) is 0 Å². The smallest absolute Gasteiger partial charge is 0.327 e. The van der Waals surface area contributed by atoms with Gasteiger partial charge >= 0.3 is 5.97 Å². The summed E-state index contributed by atoms with van der Waals surface area (Å²) in [4.78, 5) is 10.1. The van der Waals surface area contributed by atoms with Crippen molar-refractivity contribution in [3.8, 4) is 0 Å². The van der Waals surface area contributed by atoms with E-state index in [2.05, 4.69) is 0 Å². The number of aliphatic carboxylic acids is 1. The van der Waals surface area contributed by atoms with E-state index in [0.29, 0.717) is 0 Å². The zero-order valence-corrected chi connectivity index (χ0v) is 7.33. The third-order valence-electron chi connectivity index (χ3n) is 2.48. The second kappa shape index (κ2) is 4.96. The average Bonchev–Trinajstić information content (AvgIpc) is 2.49. The topological polar surface area (TPSA) is 37.3 Å². The molecule has 1 aliphatic carbocycles. The number of hydrogen-bond acceptors (Lipinski definition) is 1. The summed E-state index contributed by atoms with van der Waals surface area (Å²) in [7, 11) is 0. The van der Waals surface area contributed by atoms with Crippen molar-refractivity contribution in [1.82, 2.24) is 0 Å². The zero-order valence-electron chi connectivity index (χ0n) is 7.33. The Kier molecular flexibility index (Phi) is 3.85. The Morgan fingerprint density at radius 1 is 1.42 bits per heavy atom. The van der Waals surface area contributed by atoms with Gasteiger partial charge in [0.15, 0.2) is 0 Å². The fraction of sp³-hybridized carbons (Fsp3) is 0.700. The van der Waals surface area contributed by atoms with Gasteiger partial charge in [-0.3, -0.25) is 0 Å². The van der Waals surface area contributed by atoms with Crippen LogP contribution in [0.5, 0.6) is 0 Å². The highest BCUT2D eigenvalue weighted by atomic mass is 16.4. The summed E-state index contributed by atoms with van der Waals surface area (Å²) < 4.78 is 0. The summed E-state index contributed by atoms with van der Waals surface area (Å²) in [5, 5.41) is 8.32. The Labute approximate surface area is 73.3 Å². The van der Waals surface area contributed by atoms with Crippen molar-refractivity contribution in [3.05, 3.63) is 12.2 Å². The molecule has 0 aliphatic heterocycles. The molecule has 0 aromatic heterocycles. The Balaban J connectivity index is 2.05. The molecule has 68 valence electrons. The Morgan fingerprint density at radius 3 is 2.67 bits per heavy atom. The molecular formula is C10H16O2. The third-order valence-corrected chi connectivity index (χ3v) is 2.48. The van der Waals surface area contributed by atoms with Crippen molar-refractivity contribution in [1.29, 1.82) is 0 Å². The number of hydrogen-bond donors (Lipinski definition) is 1. The molecule has 0 spiro atoms. The lowest BCUT2D eigenvalue weighted by molar-refractivity contribution is -0.131. The van der Waals surface area contributed by atoms with Crippen LogP contribution in [0.25, 0.3) is 0 Å². The summed E-state index contributed by atoms with van der Waals surface area (Å²) in [5.41, 5.74) is 0. The predicted molar refractivity (Wildman–Crippen MR) is 48.0 cm³/mol. The van der Waals surface area contributed by atoms with E-state index >= 15 is 0 Å². The van der Waals surface area contributed by atoms with Crippen molar-refractivity contribution in [3.63, 3.8) is 0 Å². The number of rotatable bonds is 4.